The lowest BCUT2D eigenvalue weighted by Crippen LogP contribution is -1.82. The topological polar surface area (TPSA) is 57.5 Å². The second-order valence-electron chi connectivity index (χ2n) is 2.95. The molecule has 0 fully saturated rings. The van der Waals surface area contributed by atoms with E-state index in [0.717, 1.165) is 4.70 Å². The van der Waals surface area contributed by atoms with Crippen LogP contribution in [0.4, 0.5) is 0 Å². The highest BCUT2D eigenvalue weighted by Crippen LogP contribution is 2.34. The Morgan fingerprint density at radius 3 is 2.86 bits per heavy atom. The maximum Gasteiger partial charge on any atom is 0.150 e. The van der Waals surface area contributed by atoms with Crippen molar-refractivity contribution in [3.63, 3.8) is 0 Å². The summed E-state index contributed by atoms with van der Waals surface area (Å²) in [6.07, 6.45) is 0.692. The third kappa shape index (κ3) is 1.29. The summed E-state index contributed by atoms with van der Waals surface area (Å²) in [7, 11) is 0. The summed E-state index contributed by atoms with van der Waals surface area (Å²) in [4.78, 5) is 10.5. The van der Waals surface area contributed by atoms with Crippen molar-refractivity contribution in [3.05, 3.63) is 28.6 Å². The molecular formula is C10H8O3S. The van der Waals surface area contributed by atoms with E-state index in [1.807, 2.05) is 0 Å². The second-order valence-corrected chi connectivity index (χ2v) is 3.86. The number of phenols is 1. The number of aldehydes is 1. The number of fused-ring (bicyclic) bond motifs is 1. The fraction of sp³-hybridized carbons (Fsp3) is 0.100. The van der Waals surface area contributed by atoms with E-state index in [1.165, 1.54) is 17.4 Å². The summed E-state index contributed by atoms with van der Waals surface area (Å²) in [5.74, 6) is 0.0508. The lowest BCUT2D eigenvalue weighted by Gasteiger charge is -1.99. The fourth-order valence-corrected chi connectivity index (χ4v) is 2.43. The quantitative estimate of drug-likeness (QED) is 0.741. The van der Waals surface area contributed by atoms with Crippen molar-refractivity contribution < 1.29 is 15.0 Å². The van der Waals surface area contributed by atoms with Gasteiger partial charge in [-0.3, -0.25) is 4.79 Å². The van der Waals surface area contributed by atoms with Crippen LogP contribution in [0.1, 0.15) is 15.9 Å². The van der Waals surface area contributed by atoms with Crippen molar-refractivity contribution in [2.24, 2.45) is 0 Å². The molecule has 1 heterocycles. The monoisotopic (exact) mass is 208 g/mol. The molecule has 0 amide bonds. The van der Waals surface area contributed by atoms with Gasteiger partial charge in [0.25, 0.3) is 0 Å². The highest BCUT2D eigenvalue weighted by molar-refractivity contribution is 7.17. The number of carbonyl (C=O) groups is 1. The second kappa shape index (κ2) is 3.40. The Kier molecular flexibility index (Phi) is 2.23. The molecule has 0 spiro atoms. The number of hydrogen-bond acceptors (Lipinski definition) is 4. The first-order valence-corrected chi connectivity index (χ1v) is 4.93. The number of carbonyl (C=O) groups excluding carboxylic acids is 1. The van der Waals surface area contributed by atoms with Crippen LogP contribution < -0.4 is 0 Å². The predicted octanol–water partition coefficient (Wildman–Crippen LogP) is 1.91. The normalized spacial score (nSPS) is 10.6. The van der Waals surface area contributed by atoms with Crippen LogP contribution in [0.25, 0.3) is 10.1 Å². The minimum atomic E-state index is -0.103. The smallest absolute Gasteiger partial charge is 0.150 e. The number of hydrogen-bond donors (Lipinski definition) is 2. The van der Waals surface area contributed by atoms with Crippen molar-refractivity contribution in [1.82, 2.24) is 0 Å². The summed E-state index contributed by atoms with van der Waals surface area (Å²) in [6.45, 7) is -0.103. The molecule has 2 rings (SSSR count). The van der Waals surface area contributed by atoms with E-state index in [2.05, 4.69) is 0 Å². The van der Waals surface area contributed by atoms with Crippen LogP contribution in [0.15, 0.2) is 17.5 Å². The standard InChI is InChI=1S/C10H8O3S/c11-3-6-1-8(13)10-7(4-12)5-14-9(10)2-6/h1-3,5,12-13H,4H2. The molecule has 0 aliphatic carbocycles. The van der Waals surface area contributed by atoms with E-state index in [1.54, 1.807) is 11.4 Å². The molecule has 14 heavy (non-hydrogen) atoms. The van der Waals surface area contributed by atoms with Crippen molar-refractivity contribution >= 4 is 27.7 Å². The van der Waals surface area contributed by atoms with E-state index in [9.17, 15) is 9.90 Å². The van der Waals surface area contributed by atoms with Crippen LogP contribution in [0.5, 0.6) is 5.75 Å². The van der Waals surface area contributed by atoms with E-state index < -0.39 is 0 Å². The van der Waals surface area contributed by atoms with Gasteiger partial charge in [0.2, 0.25) is 0 Å². The van der Waals surface area contributed by atoms with Gasteiger partial charge in [-0.05, 0) is 23.1 Å². The van der Waals surface area contributed by atoms with Crippen molar-refractivity contribution in [1.29, 1.82) is 0 Å². The molecule has 3 nitrogen and oxygen atoms in total. The minimum absolute atomic E-state index is 0.0508. The molecule has 4 heteroatoms. The van der Waals surface area contributed by atoms with Gasteiger partial charge in [-0.15, -0.1) is 11.3 Å². The third-order valence-electron chi connectivity index (χ3n) is 2.06. The molecule has 0 saturated heterocycles. The van der Waals surface area contributed by atoms with E-state index >= 15 is 0 Å². The van der Waals surface area contributed by atoms with Crippen molar-refractivity contribution in [2.75, 3.05) is 0 Å². The van der Waals surface area contributed by atoms with Gasteiger partial charge in [-0.2, -0.15) is 0 Å². The van der Waals surface area contributed by atoms with Gasteiger partial charge in [-0.25, -0.2) is 0 Å². The van der Waals surface area contributed by atoms with E-state index in [-0.39, 0.29) is 12.4 Å². The number of thiophene rings is 1. The van der Waals surface area contributed by atoms with E-state index in [0.29, 0.717) is 22.8 Å². The molecule has 0 radical (unpaired) electrons. The first-order valence-electron chi connectivity index (χ1n) is 4.05. The Morgan fingerprint density at radius 1 is 1.43 bits per heavy atom. The first-order chi connectivity index (χ1) is 6.76. The fourth-order valence-electron chi connectivity index (χ4n) is 1.42. The largest absolute Gasteiger partial charge is 0.507 e. The Labute approximate surface area is 84.2 Å². The lowest BCUT2D eigenvalue weighted by molar-refractivity contribution is 0.112. The number of aliphatic hydroxyl groups excluding tert-OH is 1. The van der Waals surface area contributed by atoms with Crippen molar-refractivity contribution in [3.8, 4) is 5.75 Å². The van der Waals surface area contributed by atoms with Crippen LogP contribution in [0.3, 0.4) is 0 Å². The van der Waals surface area contributed by atoms with Gasteiger partial charge in [0.1, 0.15) is 12.0 Å². The molecule has 0 unspecified atom stereocenters. The molecule has 2 N–H and O–H groups in total. The summed E-state index contributed by atoms with van der Waals surface area (Å²) in [5, 5.41) is 21.0. The van der Waals surface area contributed by atoms with Crippen LogP contribution in [0, 0.1) is 0 Å². The Balaban J connectivity index is 2.78. The molecule has 0 aliphatic rings. The number of phenolic OH excluding ortho intramolecular Hbond substituents is 1. The van der Waals surface area contributed by atoms with E-state index in [4.69, 9.17) is 5.11 Å². The highest BCUT2D eigenvalue weighted by atomic mass is 32.1. The number of aliphatic hydroxyl groups is 1. The molecule has 0 saturated carbocycles. The maximum absolute atomic E-state index is 10.5. The number of benzene rings is 1. The van der Waals surface area contributed by atoms with Crippen LogP contribution in [-0.4, -0.2) is 16.5 Å². The average molecular weight is 208 g/mol. The summed E-state index contributed by atoms with van der Waals surface area (Å²) >= 11 is 1.40. The van der Waals surface area contributed by atoms with Crippen LogP contribution in [-0.2, 0) is 6.61 Å². The number of rotatable bonds is 2. The van der Waals surface area contributed by atoms with Gasteiger partial charge in [0, 0.05) is 15.6 Å². The van der Waals surface area contributed by atoms with Gasteiger partial charge in [-0.1, -0.05) is 0 Å². The first kappa shape index (κ1) is 9.18. The molecule has 0 bridgehead atoms. The van der Waals surface area contributed by atoms with Crippen molar-refractivity contribution in [2.45, 2.75) is 6.61 Å². The molecule has 2 aromatic rings. The SMILES string of the molecule is O=Cc1cc(O)c2c(CO)csc2c1. The number of aromatic hydroxyl groups is 1. The molecule has 72 valence electrons. The van der Waals surface area contributed by atoms with Gasteiger partial charge < -0.3 is 10.2 Å². The third-order valence-corrected chi connectivity index (χ3v) is 3.04. The Bertz CT molecular complexity index is 487. The van der Waals surface area contributed by atoms with Crippen LogP contribution >= 0.6 is 11.3 Å². The maximum atomic E-state index is 10.5. The molecule has 0 aliphatic heterocycles. The zero-order valence-corrected chi connectivity index (χ0v) is 8.04. The summed E-state index contributed by atoms with van der Waals surface area (Å²) in [5.41, 5.74) is 1.14. The molecule has 0 atom stereocenters. The summed E-state index contributed by atoms with van der Waals surface area (Å²) < 4.78 is 0.816. The average Bonchev–Trinajstić information content (AvgIpc) is 2.61. The molecule has 1 aromatic carbocycles. The Morgan fingerprint density at radius 2 is 2.21 bits per heavy atom. The Hall–Kier alpha value is -1.39. The van der Waals surface area contributed by atoms with Gasteiger partial charge >= 0.3 is 0 Å². The van der Waals surface area contributed by atoms with Gasteiger partial charge in [0.15, 0.2) is 0 Å². The summed E-state index contributed by atoms with van der Waals surface area (Å²) in [6, 6.07) is 3.10. The minimum Gasteiger partial charge on any atom is -0.507 e. The zero-order valence-electron chi connectivity index (χ0n) is 7.23. The predicted molar refractivity (Wildman–Crippen MR) is 54.8 cm³/mol. The van der Waals surface area contributed by atoms with Crippen LogP contribution in [0.2, 0.25) is 0 Å². The molecular weight excluding hydrogens is 200 g/mol. The highest BCUT2D eigenvalue weighted by Gasteiger charge is 2.09. The lowest BCUT2D eigenvalue weighted by atomic mass is 10.1. The van der Waals surface area contributed by atoms with Gasteiger partial charge in [0.05, 0.1) is 6.61 Å². The molecule has 1 aromatic heterocycles. The zero-order chi connectivity index (χ0) is 10.1.